The van der Waals surface area contributed by atoms with E-state index in [1.165, 1.54) is 380 Å². The Kier molecular flexibility index (Phi) is 59.1. The van der Waals surface area contributed by atoms with Gasteiger partial charge in [-0.05, 0) is 58.3 Å². The molecule has 1 unspecified atom stereocenters. The highest BCUT2D eigenvalue weighted by Crippen LogP contribution is 2.17. The van der Waals surface area contributed by atoms with Crippen molar-refractivity contribution in [2.75, 3.05) is 98.2 Å². The van der Waals surface area contributed by atoms with Crippen LogP contribution in [-0.2, 0) is 0 Å². The van der Waals surface area contributed by atoms with Crippen LogP contribution in [0.15, 0.2) is 0 Å². The van der Waals surface area contributed by atoms with Crippen LogP contribution in [-0.4, -0.2) is 134 Å². The molecular weight excluding hydrogens is 927 g/mol. The Hall–Kier alpha value is -0.240. The van der Waals surface area contributed by atoms with E-state index >= 15 is 0 Å². The SMILES string of the molecule is CCCCCCCCCCCCN(CCCCCCCCCCCC)CCN(CCCCCCCCCCCC)CCN1CCN(CCN(CCCCCCCCCCCC)CC(O)CCCCCCCCCC)CC1. The summed E-state index contributed by atoms with van der Waals surface area (Å²) in [7, 11) is 0. The van der Waals surface area contributed by atoms with Crippen molar-refractivity contribution in [1.82, 2.24) is 24.5 Å². The molecule has 6 nitrogen and oxygen atoms in total. The highest BCUT2D eigenvalue weighted by atomic mass is 16.3. The molecule has 0 radical (unpaired) electrons. The van der Waals surface area contributed by atoms with E-state index in [0.29, 0.717) is 0 Å². The second kappa shape index (κ2) is 60.8. The second-order valence-corrected chi connectivity index (χ2v) is 25.3. The maximum atomic E-state index is 11.3. The van der Waals surface area contributed by atoms with Gasteiger partial charge in [0.15, 0.2) is 0 Å². The summed E-state index contributed by atoms with van der Waals surface area (Å²) < 4.78 is 0. The maximum absolute atomic E-state index is 11.3. The molecule has 1 heterocycles. The Bertz CT molecular complexity index is 1040. The first-order valence-corrected chi connectivity index (χ1v) is 35.9. The molecule has 1 saturated heterocycles. The summed E-state index contributed by atoms with van der Waals surface area (Å²) in [5.41, 5.74) is 0. The van der Waals surface area contributed by atoms with E-state index in [1.54, 1.807) is 0 Å². The summed E-state index contributed by atoms with van der Waals surface area (Å²) in [6, 6.07) is 0. The first-order valence-electron chi connectivity index (χ1n) is 35.9. The molecule has 0 aromatic heterocycles. The molecule has 0 aromatic carbocycles. The van der Waals surface area contributed by atoms with Gasteiger partial charge in [0, 0.05) is 72.0 Å². The van der Waals surface area contributed by atoms with Crippen LogP contribution in [0.25, 0.3) is 0 Å². The number of hydrogen-bond donors (Lipinski definition) is 1. The zero-order valence-corrected chi connectivity index (χ0v) is 53.5. The van der Waals surface area contributed by atoms with Gasteiger partial charge in [-0.25, -0.2) is 0 Å². The molecular formula is C70H145N5O. The molecule has 1 N–H and O–H groups in total. The Balaban J connectivity index is 2.76. The van der Waals surface area contributed by atoms with Crippen LogP contribution in [0, 0.1) is 0 Å². The van der Waals surface area contributed by atoms with Crippen molar-refractivity contribution in [2.45, 2.75) is 355 Å². The zero-order chi connectivity index (χ0) is 54.7. The predicted molar refractivity (Wildman–Crippen MR) is 343 cm³/mol. The van der Waals surface area contributed by atoms with Crippen molar-refractivity contribution in [3.63, 3.8) is 0 Å². The summed E-state index contributed by atoms with van der Waals surface area (Å²) >= 11 is 0. The fourth-order valence-corrected chi connectivity index (χ4v) is 12.2. The topological polar surface area (TPSA) is 36.4 Å². The van der Waals surface area contributed by atoms with Gasteiger partial charge in [-0.1, -0.05) is 317 Å². The molecule has 1 atom stereocenters. The van der Waals surface area contributed by atoms with Crippen LogP contribution in [0.1, 0.15) is 349 Å². The molecule has 0 bridgehead atoms. The van der Waals surface area contributed by atoms with Gasteiger partial charge in [0.1, 0.15) is 0 Å². The number of unbranched alkanes of at least 4 members (excludes halogenated alkanes) is 43. The Morgan fingerprint density at radius 3 is 0.737 bits per heavy atom. The number of aliphatic hydroxyl groups excluding tert-OH is 1. The lowest BCUT2D eigenvalue weighted by molar-refractivity contribution is 0.0795. The highest BCUT2D eigenvalue weighted by molar-refractivity contribution is 4.76. The van der Waals surface area contributed by atoms with Crippen LogP contribution < -0.4 is 0 Å². The fraction of sp³-hybridized carbons (Fsp3) is 1.00. The van der Waals surface area contributed by atoms with Crippen LogP contribution in [0.4, 0.5) is 0 Å². The van der Waals surface area contributed by atoms with Gasteiger partial charge in [0.2, 0.25) is 0 Å². The summed E-state index contributed by atoms with van der Waals surface area (Å²) in [6.45, 7) is 29.7. The van der Waals surface area contributed by atoms with Crippen LogP contribution in [0.2, 0.25) is 0 Å². The van der Waals surface area contributed by atoms with Gasteiger partial charge >= 0.3 is 0 Å². The first-order chi connectivity index (χ1) is 37.6. The minimum Gasteiger partial charge on any atom is -0.392 e. The normalized spacial score (nSPS) is 14.2. The largest absolute Gasteiger partial charge is 0.392 e. The van der Waals surface area contributed by atoms with Gasteiger partial charge in [0.05, 0.1) is 6.10 Å². The first kappa shape index (κ1) is 73.8. The molecule has 1 aliphatic rings. The van der Waals surface area contributed by atoms with Crippen LogP contribution in [0.3, 0.4) is 0 Å². The lowest BCUT2D eigenvalue weighted by Crippen LogP contribution is -2.50. The molecule has 1 rings (SSSR count). The standard InChI is InChI=1S/C70H145N5O/c1-6-11-16-21-26-31-35-40-45-50-55-71(56-51-46-41-36-32-27-22-17-12-7-2)59-60-72(57-52-47-42-37-33-28-23-18-13-8-3)61-62-73-63-65-74(66-64-73)67-68-75(58-53-48-43-38-34-29-24-19-14-9-4)69-70(76)54-49-44-39-30-25-20-15-10-5/h70,76H,6-69H2,1-5H3. The van der Waals surface area contributed by atoms with Gasteiger partial charge in [-0.2, -0.15) is 0 Å². The Morgan fingerprint density at radius 2 is 0.461 bits per heavy atom. The van der Waals surface area contributed by atoms with E-state index in [2.05, 4.69) is 59.1 Å². The fourth-order valence-electron chi connectivity index (χ4n) is 12.2. The summed E-state index contributed by atoms with van der Waals surface area (Å²) in [4.78, 5) is 14.0. The minimum atomic E-state index is -0.171. The molecule has 0 aliphatic carbocycles. The average Bonchev–Trinajstić information content (AvgIpc) is 3.43. The maximum Gasteiger partial charge on any atom is 0.0667 e. The molecule has 0 aromatic rings. The van der Waals surface area contributed by atoms with Crippen molar-refractivity contribution in [2.24, 2.45) is 0 Å². The third-order valence-electron chi connectivity index (χ3n) is 17.8. The van der Waals surface area contributed by atoms with Gasteiger partial charge in [-0.3, -0.25) is 14.7 Å². The predicted octanol–water partition coefficient (Wildman–Crippen LogP) is 20.1. The molecule has 6 heteroatoms. The summed E-state index contributed by atoms with van der Waals surface area (Å²) in [6.07, 6.45) is 68.3. The van der Waals surface area contributed by atoms with Gasteiger partial charge in [0.25, 0.3) is 0 Å². The van der Waals surface area contributed by atoms with E-state index in [0.717, 1.165) is 32.6 Å². The van der Waals surface area contributed by atoms with Crippen molar-refractivity contribution < 1.29 is 5.11 Å². The lowest BCUT2D eigenvalue weighted by atomic mass is 10.0. The molecule has 0 saturated carbocycles. The van der Waals surface area contributed by atoms with E-state index in [-0.39, 0.29) is 6.10 Å². The van der Waals surface area contributed by atoms with Crippen molar-refractivity contribution in [3.8, 4) is 0 Å². The van der Waals surface area contributed by atoms with E-state index in [9.17, 15) is 5.11 Å². The van der Waals surface area contributed by atoms with E-state index in [4.69, 9.17) is 0 Å². The number of hydrogen-bond acceptors (Lipinski definition) is 6. The van der Waals surface area contributed by atoms with Crippen LogP contribution in [0.5, 0.6) is 0 Å². The molecule has 76 heavy (non-hydrogen) atoms. The molecule has 0 amide bonds. The number of nitrogens with zero attached hydrogens (tertiary/aromatic N) is 5. The van der Waals surface area contributed by atoms with E-state index in [1.807, 2.05) is 0 Å². The van der Waals surface area contributed by atoms with Crippen molar-refractivity contribution >= 4 is 0 Å². The van der Waals surface area contributed by atoms with E-state index < -0.39 is 0 Å². The quantitative estimate of drug-likeness (QED) is 0.0612. The van der Waals surface area contributed by atoms with Crippen molar-refractivity contribution in [1.29, 1.82) is 0 Å². The number of rotatable bonds is 64. The zero-order valence-electron chi connectivity index (χ0n) is 53.5. The van der Waals surface area contributed by atoms with Gasteiger partial charge in [-0.15, -0.1) is 0 Å². The molecule has 1 aliphatic heterocycles. The number of piperazine rings is 1. The monoisotopic (exact) mass is 1070 g/mol. The Morgan fingerprint density at radius 1 is 0.250 bits per heavy atom. The third-order valence-corrected chi connectivity index (χ3v) is 17.8. The Labute approximate surface area is 481 Å². The molecule has 1 fully saturated rings. The highest BCUT2D eigenvalue weighted by Gasteiger charge is 2.20. The summed E-state index contributed by atoms with van der Waals surface area (Å²) in [5.74, 6) is 0. The lowest BCUT2D eigenvalue weighted by Gasteiger charge is -2.37. The number of aliphatic hydroxyl groups is 1. The van der Waals surface area contributed by atoms with Gasteiger partial charge < -0.3 is 14.9 Å². The minimum absolute atomic E-state index is 0.171. The smallest absolute Gasteiger partial charge is 0.0667 e. The summed E-state index contributed by atoms with van der Waals surface area (Å²) in [5, 5.41) is 11.3. The average molecular weight is 1070 g/mol. The molecule has 0 spiro atoms. The third kappa shape index (κ3) is 51.9. The van der Waals surface area contributed by atoms with Crippen LogP contribution >= 0.6 is 0 Å². The second-order valence-electron chi connectivity index (χ2n) is 25.3. The van der Waals surface area contributed by atoms with Crippen molar-refractivity contribution in [3.05, 3.63) is 0 Å². The molecule has 456 valence electrons.